The Morgan fingerprint density at radius 1 is 1.27 bits per heavy atom. The van der Waals surface area contributed by atoms with Crippen LogP contribution in [0.1, 0.15) is 37.5 Å². The molecule has 0 bridgehead atoms. The van der Waals surface area contributed by atoms with Gasteiger partial charge in [-0.2, -0.15) is 0 Å². The standard InChI is InChI=1S/C20H24N2O3S/c1-5-16-8-6-7-13(2)20(16)21-26(24,25)18-9-10-19-17(12-18)11-14(3)22(19)15(4)23/h6-10,12,14,21H,5,11H2,1-4H3. The zero-order valence-electron chi connectivity index (χ0n) is 15.5. The van der Waals surface area contributed by atoms with Crippen LogP contribution in [0.4, 0.5) is 11.4 Å². The molecule has 5 nitrogen and oxygen atoms in total. The summed E-state index contributed by atoms with van der Waals surface area (Å²) in [6, 6.07) is 10.8. The number of rotatable bonds is 4. The van der Waals surface area contributed by atoms with Crippen LogP contribution < -0.4 is 9.62 Å². The van der Waals surface area contributed by atoms with Crippen LogP contribution >= 0.6 is 0 Å². The molecule has 2 aromatic rings. The van der Waals surface area contributed by atoms with Gasteiger partial charge < -0.3 is 4.90 Å². The number of fused-ring (bicyclic) bond motifs is 1. The van der Waals surface area contributed by atoms with Crippen molar-refractivity contribution in [2.75, 3.05) is 9.62 Å². The number of hydrogen-bond donors (Lipinski definition) is 1. The number of aryl methyl sites for hydroxylation is 2. The van der Waals surface area contributed by atoms with Gasteiger partial charge in [0.05, 0.1) is 10.6 Å². The molecule has 1 aliphatic heterocycles. The summed E-state index contributed by atoms with van der Waals surface area (Å²) in [6.45, 7) is 7.39. The summed E-state index contributed by atoms with van der Waals surface area (Å²) in [7, 11) is -3.70. The summed E-state index contributed by atoms with van der Waals surface area (Å²) in [4.78, 5) is 13.8. The molecule has 1 aliphatic rings. The van der Waals surface area contributed by atoms with Crippen molar-refractivity contribution in [2.45, 2.75) is 51.5 Å². The summed E-state index contributed by atoms with van der Waals surface area (Å²) >= 11 is 0. The molecule has 1 unspecified atom stereocenters. The fourth-order valence-corrected chi connectivity index (χ4v) is 4.84. The van der Waals surface area contributed by atoms with Crippen molar-refractivity contribution >= 4 is 27.3 Å². The fraction of sp³-hybridized carbons (Fsp3) is 0.350. The van der Waals surface area contributed by atoms with Gasteiger partial charge in [-0.25, -0.2) is 8.42 Å². The smallest absolute Gasteiger partial charge is 0.261 e. The van der Waals surface area contributed by atoms with E-state index in [1.54, 1.807) is 23.1 Å². The van der Waals surface area contributed by atoms with Gasteiger partial charge in [-0.1, -0.05) is 25.1 Å². The van der Waals surface area contributed by atoms with Gasteiger partial charge in [0.1, 0.15) is 0 Å². The predicted molar refractivity (Wildman–Crippen MR) is 104 cm³/mol. The van der Waals surface area contributed by atoms with E-state index in [1.807, 2.05) is 39.0 Å². The molecule has 6 heteroatoms. The van der Waals surface area contributed by atoms with Gasteiger partial charge in [0, 0.05) is 18.7 Å². The minimum atomic E-state index is -3.70. The van der Waals surface area contributed by atoms with Crippen molar-refractivity contribution in [1.29, 1.82) is 0 Å². The largest absolute Gasteiger partial charge is 0.309 e. The highest BCUT2D eigenvalue weighted by atomic mass is 32.2. The Morgan fingerprint density at radius 3 is 2.65 bits per heavy atom. The first-order valence-corrected chi connectivity index (χ1v) is 10.3. The van der Waals surface area contributed by atoms with Crippen LogP contribution in [0.2, 0.25) is 0 Å². The molecular weight excluding hydrogens is 348 g/mol. The molecule has 0 spiro atoms. The first-order chi connectivity index (χ1) is 12.2. The summed E-state index contributed by atoms with van der Waals surface area (Å²) in [5, 5.41) is 0. The van der Waals surface area contributed by atoms with E-state index in [9.17, 15) is 13.2 Å². The second kappa shape index (κ2) is 6.76. The number of anilines is 2. The molecule has 0 fully saturated rings. The SMILES string of the molecule is CCc1cccc(C)c1NS(=O)(=O)c1ccc2c(c1)CC(C)N2C(C)=O. The number of carbonyl (C=O) groups is 1. The van der Waals surface area contributed by atoms with Crippen molar-refractivity contribution in [3.05, 3.63) is 53.1 Å². The lowest BCUT2D eigenvalue weighted by atomic mass is 10.1. The third-order valence-corrected chi connectivity index (χ3v) is 6.24. The number of nitrogens with one attached hydrogen (secondary N) is 1. The van der Waals surface area contributed by atoms with Crippen LogP contribution in [0.25, 0.3) is 0 Å². The van der Waals surface area contributed by atoms with Gasteiger partial charge in [0.2, 0.25) is 5.91 Å². The molecule has 1 atom stereocenters. The minimum absolute atomic E-state index is 0.0301. The number of nitrogens with zero attached hydrogens (tertiary/aromatic N) is 1. The van der Waals surface area contributed by atoms with Crippen LogP contribution in [-0.2, 0) is 27.7 Å². The molecular formula is C20H24N2O3S. The van der Waals surface area contributed by atoms with Crippen molar-refractivity contribution in [3.63, 3.8) is 0 Å². The lowest BCUT2D eigenvalue weighted by Crippen LogP contribution is -2.33. The Balaban J connectivity index is 1.98. The lowest BCUT2D eigenvalue weighted by molar-refractivity contribution is -0.116. The third kappa shape index (κ3) is 3.21. The van der Waals surface area contributed by atoms with Crippen molar-refractivity contribution < 1.29 is 13.2 Å². The van der Waals surface area contributed by atoms with Gasteiger partial charge in [-0.15, -0.1) is 0 Å². The van der Waals surface area contributed by atoms with Crippen LogP contribution in [0.5, 0.6) is 0 Å². The van der Waals surface area contributed by atoms with E-state index in [0.717, 1.165) is 28.8 Å². The van der Waals surface area contributed by atoms with Gasteiger partial charge in [-0.05, 0) is 61.6 Å². The Kier molecular flexibility index (Phi) is 4.80. The second-order valence-corrected chi connectivity index (χ2v) is 8.48. The summed E-state index contributed by atoms with van der Waals surface area (Å²) < 4.78 is 28.6. The van der Waals surface area contributed by atoms with Gasteiger partial charge >= 0.3 is 0 Å². The van der Waals surface area contributed by atoms with E-state index in [0.29, 0.717) is 12.1 Å². The highest BCUT2D eigenvalue weighted by Crippen LogP contribution is 2.34. The summed E-state index contributed by atoms with van der Waals surface area (Å²) in [5.74, 6) is -0.0301. The highest BCUT2D eigenvalue weighted by Gasteiger charge is 2.30. The number of carbonyl (C=O) groups excluding carboxylic acids is 1. The van der Waals surface area contributed by atoms with E-state index < -0.39 is 10.0 Å². The van der Waals surface area contributed by atoms with Crippen LogP contribution in [-0.4, -0.2) is 20.4 Å². The van der Waals surface area contributed by atoms with Crippen LogP contribution in [0, 0.1) is 6.92 Å². The summed E-state index contributed by atoms with van der Waals surface area (Å²) in [6.07, 6.45) is 1.40. The Hall–Kier alpha value is -2.34. The average molecular weight is 372 g/mol. The molecule has 0 radical (unpaired) electrons. The molecule has 1 amide bonds. The fourth-order valence-electron chi connectivity index (χ4n) is 3.62. The molecule has 1 N–H and O–H groups in total. The predicted octanol–water partition coefficient (Wildman–Crippen LogP) is 3.66. The van der Waals surface area contributed by atoms with Gasteiger partial charge in [0.25, 0.3) is 10.0 Å². The second-order valence-electron chi connectivity index (χ2n) is 6.80. The van der Waals surface area contributed by atoms with E-state index in [1.165, 1.54) is 6.92 Å². The first kappa shape index (κ1) is 18.5. The molecule has 1 heterocycles. The van der Waals surface area contributed by atoms with Crippen molar-refractivity contribution in [2.24, 2.45) is 0 Å². The number of amides is 1. The van der Waals surface area contributed by atoms with Crippen molar-refractivity contribution in [1.82, 2.24) is 0 Å². The quantitative estimate of drug-likeness (QED) is 0.891. The molecule has 0 saturated carbocycles. The molecule has 0 saturated heterocycles. The zero-order chi connectivity index (χ0) is 19.1. The minimum Gasteiger partial charge on any atom is -0.309 e. The molecule has 2 aromatic carbocycles. The topological polar surface area (TPSA) is 66.5 Å². The maximum Gasteiger partial charge on any atom is 0.261 e. The normalized spacial score (nSPS) is 16.5. The molecule has 0 aliphatic carbocycles. The van der Waals surface area contributed by atoms with Gasteiger partial charge in [-0.3, -0.25) is 9.52 Å². The maximum atomic E-state index is 12.9. The molecule has 138 valence electrons. The van der Waals surface area contributed by atoms with E-state index in [4.69, 9.17) is 0 Å². The molecule has 26 heavy (non-hydrogen) atoms. The Morgan fingerprint density at radius 2 is 2.00 bits per heavy atom. The average Bonchev–Trinajstić information content (AvgIpc) is 2.91. The van der Waals surface area contributed by atoms with Crippen LogP contribution in [0.15, 0.2) is 41.3 Å². The van der Waals surface area contributed by atoms with Gasteiger partial charge in [0.15, 0.2) is 0 Å². The van der Waals surface area contributed by atoms with E-state index >= 15 is 0 Å². The zero-order valence-corrected chi connectivity index (χ0v) is 16.4. The number of para-hydroxylation sites is 1. The third-order valence-electron chi connectivity index (χ3n) is 4.89. The molecule has 3 rings (SSSR count). The highest BCUT2D eigenvalue weighted by molar-refractivity contribution is 7.92. The monoisotopic (exact) mass is 372 g/mol. The van der Waals surface area contributed by atoms with E-state index in [-0.39, 0.29) is 16.8 Å². The lowest BCUT2D eigenvalue weighted by Gasteiger charge is -2.20. The first-order valence-electron chi connectivity index (χ1n) is 8.78. The number of benzene rings is 2. The summed E-state index contributed by atoms with van der Waals surface area (Å²) in [5.41, 5.74) is 4.19. The van der Waals surface area contributed by atoms with Crippen LogP contribution in [0.3, 0.4) is 0 Å². The Bertz CT molecular complexity index is 967. The number of hydrogen-bond acceptors (Lipinski definition) is 3. The maximum absolute atomic E-state index is 12.9. The Labute approximate surface area is 155 Å². The van der Waals surface area contributed by atoms with E-state index in [2.05, 4.69) is 4.72 Å². The van der Waals surface area contributed by atoms with Crippen molar-refractivity contribution in [3.8, 4) is 0 Å². The number of sulfonamides is 1. The molecule has 0 aromatic heterocycles.